The van der Waals surface area contributed by atoms with E-state index in [2.05, 4.69) is 5.32 Å². The van der Waals surface area contributed by atoms with Crippen LogP contribution in [0.3, 0.4) is 0 Å². The fourth-order valence-electron chi connectivity index (χ4n) is 2.85. The molecule has 0 radical (unpaired) electrons. The molecule has 2 aromatic rings. The topological polar surface area (TPSA) is 44.8 Å². The molecule has 1 N–H and O–H groups in total. The van der Waals surface area contributed by atoms with E-state index in [-0.39, 0.29) is 12.8 Å². The maximum absolute atomic E-state index is 14.3. The van der Waals surface area contributed by atoms with Crippen LogP contribution in [0.5, 0.6) is 5.75 Å². The van der Waals surface area contributed by atoms with Crippen molar-refractivity contribution in [3.8, 4) is 5.75 Å². The summed E-state index contributed by atoms with van der Waals surface area (Å²) < 4.78 is 172. The van der Waals surface area contributed by atoms with Gasteiger partial charge in [0.1, 0.15) is 11.6 Å². The molecule has 2 amide bonds. The van der Waals surface area contributed by atoms with Gasteiger partial charge in [-0.05, 0) is 74.2 Å². The molecule has 1 saturated heterocycles. The van der Waals surface area contributed by atoms with E-state index in [1.807, 2.05) is 4.90 Å². The van der Waals surface area contributed by atoms with Gasteiger partial charge in [-0.1, -0.05) is 37.9 Å². The number of hydrogen-bond acceptors (Lipinski definition) is 3. The maximum Gasteiger partial charge on any atom is 0.318 e. The van der Waals surface area contributed by atoms with E-state index >= 15 is 0 Å². The number of carbonyl (C=O) groups is 1. The number of ether oxygens (including phenoxy) is 1. The van der Waals surface area contributed by atoms with Gasteiger partial charge in [0.15, 0.2) is 0 Å². The Bertz CT molecular complexity index is 1570. The van der Waals surface area contributed by atoms with Crippen LogP contribution in [0.25, 0.3) is 0 Å². The molecule has 0 aromatic heterocycles. The molecule has 168 valence electrons. The number of amides is 2. The first kappa shape index (κ1) is 8.74. The fraction of sp³-hybridized carbons (Fsp3) is 0.480. The number of piperidine rings is 1. The summed E-state index contributed by atoms with van der Waals surface area (Å²) in [7, 11) is 1.77. The molecule has 0 saturated carbocycles. The fourth-order valence-corrected chi connectivity index (χ4v) is 2.85. The minimum atomic E-state index is -3.96. The lowest BCUT2D eigenvalue weighted by Crippen LogP contribution is -2.49. The Hall–Kier alpha value is -2.60. The molecule has 0 aliphatic carbocycles. The number of hydrogen-bond donors (Lipinski definition) is 1. The first-order valence-electron chi connectivity index (χ1n) is 18.9. The van der Waals surface area contributed by atoms with Gasteiger partial charge in [0.05, 0.1) is 23.0 Å². The second-order valence-corrected chi connectivity index (χ2v) is 6.75. The summed E-state index contributed by atoms with van der Waals surface area (Å²) in [4.78, 5) is 16.3. The Morgan fingerprint density at radius 1 is 1.26 bits per heavy atom. The average molecular weight is 447 g/mol. The third-order valence-corrected chi connectivity index (χ3v) is 4.42. The predicted molar refractivity (Wildman–Crippen MR) is 121 cm³/mol. The van der Waals surface area contributed by atoms with Crippen LogP contribution in [-0.2, 0) is 13.0 Å². The summed E-state index contributed by atoms with van der Waals surface area (Å²) in [5, 5.41) is 2.27. The van der Waals surface area contributed by atoms with E-state index < -0.39 is 122 Å². The smallest absolute Gasteiger partial charge is 0.318 e. The van der Waals surface area contributed by atoms with Gasteiger partial charge in [-0.3, -0.25) is 0 Å². The largest absolute Gasteiger partial charge is 0.493 e. The number of halogens is 1. The molecule has 1 fully saturated rings. The predicted octanol–water partition coefficient (Wildman–Crippen LogP) is 4.67. The van der Waals surface area contributed by atoms with Crippen LogP contribution in [0.15, 0.2) is 48.3 Å². The zero-order valence-electron chi connectivity index (χ0n) is 35.7. The van der Waals surface area contributed by atoms with Gasteiger partial charge in [0.2, 0.25) is 0 Å². The van der Waals surface area contributed by atoms with Crippen LogP contribution < -0.4 is 10.1 Å². The number of urea groups is 1. The zero-order valence-corrected chi connectivity index (χ0v) is 16.7. The van der Waals surface area contributed by atoms with Crippen LogP contribution in [0, 0.1) is 11.7 Å². The highest BCUT2D eigenvalue weighted by Crippen LogP contribution is 2.19. The first-order valence-corrected chi connectivity index (χ1v) is 9.36. The summed E-state index contributed by atoms with van der Waals surface area (Å²) in [6.07, 6.45) is 0.345. The van der Waals surface area contributed by atoms with Crippen LogP contribution in [0.2, 0.25) is 0 Å². The summed E-state index contributed by atoms with van der Waals surface area (Å²) in [6.45, 7) is -14.8. The highest BCUT2D eigenvalue weighted by Gasteiger charge is 2.27. The number of benzene rings is 2. The highest BCUT2D eigenvalue weighted by atomic mass is 19.1. The van der Waals surface area contributed by atoms with E-state index in [4.69, 9.17) is 30.8 Å². The molecular weight excluding hydrogens is 393 g/mol. The third kappa shape index (κ3) is 7.24. The van der Waals surface area contributed by atoms with Crippen molar-refractivity contribution >= 4 is 6.03 Å². The van der Waals surface area contributed by atoms with Gasteiger partial charge in [-0.2, -0.15) is 0 Å². The van der Waals surface area contributed by atoms with E-state index in [0.29, 0.717) is 18.0 Å². The van der Waals surface area contributed by atoms with E-state index in [1.54, 1.807) is 7.05 Å². The maximum atomic E-state index is 14.3. The van der Waals surface area contributed by atoms with Crippen molar-refractivity contribution in [2.75, 3.05) is 26.7 Å². The van der Waals surface area contributed by atoms with Crippen molar-refractivity contribution in [2.24, 2.45) is 5.89 Å². The lowest BCUT2D eigenvalue weighted by molar-refractivity contribution is 0.127. The van der Waals surface area contributed by atoms with E-state index in [9.17, 15) is 9.18 Å². The molecule has 0 atom stereocenters. The normalized spacial score (nSPS) is 26.1. The molecule has 31 heavy (non-hydrogen) atoms. The Labute approximate surface area is 211 Å². The Morgan fingerprint density at radius 3 is 2.55 bits per heavy atom. The number of carbonyl (C=O) groups excluding carboxylic acids is 1. The van der Waals surface area contributed by atoms with Gasteiger partial charge in [-0.25, -0.2) is 9.18 Å². The second-order valence-electron chi connectivity index (χ2n) is 6.75. The van der Waals surface area contributed by atoms with Crippen molar-refractivity contribution < 1.29 is 40.0 Å². The number of nitrogens with zero attached hydrogens (tertiary/aromatic N) is 2. The van der Waals surface area contributed by atoms with Crippen LogP contribution in [0.4, 0.5) is 9.18 Å². The molecule has 1 heterocycles. The number of likely N-dealkylation sites (tertiary alicyclic amines) is 1. The highest BCUT2D eigenvalue weighted by molar-refractivity contribution is 5.74. The summed E-state index contributed by atoms with van der Waals surface area (Å²) in [5.74, 6) is -6.71. The van der Waals surface area contributed by atoms with Gasteiger partial charge in [0, 0.05) is 28.7 Å². The quantitative estimate of drug-likeness (QED) is 0.641. The van der Waals surface area contributed by atoms with Crippen LogP contribution >= 0.6 is 0 Å². The van der Waals surface area contributed by atoms with Crippen molar-refractivity contribution in [1.29, 1.82) is 0 Å². The lowest BCUT2D eigenvalue weighted by Gasteiger charge is -2.37. The first-order chi connectivity index (χ1) is 22.6. The van der Waals surface area contributed by atoms with Gasteiger partial charge in [-0.15, -0.1) is 0 Å². The standard InChI is InChI=1S/C25H34FN3O2/c1-19(2)18-31-24-10-6-20(7-11-24)16-27-25(30)29(23-12-14-28(3)15-13-23)17-21-4-8-22(26)9-5-21/h4-11,19,23H,12-18H2,1-3H3,(H,27,30)/i1D3,2D3,4D,5D,6D,7D,8D,9D,10D,11D,17D2,18D2,19D. The molecule has 0 unspecified atom stereocenters. The molecule has 1 aliphatic rings. The minimum absolute atomic E-state index is 0.173. The molecule has 2 aromatic carbocycles. The molecule has 1 aliphatic heterocycles. The molecule has 5 nitrogen and oxygen atoms in total. The van der Waals surface area contributed by atoms with Crippen molar-refractivity contribution in [3.63, 3.8) is 0 Å². The van der Waals surface area contributed by atoms with Gasteiger partial charge >= 0.3 is 6.03 Å². The van der Waals surface area contributed by atoms with Crippen molar-refractivity contribution in [3.05, 3.63) is 65.3 Å². The molecule has 0 spiro atoms. The minimum Gasteiger partial charge on any atom is -0.493 e. The van der Waals surface area contributed by atoms with Crippen LogP contribution in [0.1, 0.15) is 63.7 Å². The molecule has 6 heteroatoms. The molecule has 3 rings (SSSR count). The number of rotatable bonds is 8. The number of nitrogens with one attached hydrogen (secondary N) is 1. The lowest BCUT2D eigenvalue weighted by atomic mass is 10.0. The summed E-state index contributed by atoms with van der Waals surface area (Å²) in [5.41, 5.74) is -1.48. The average Bonchev–Trinajstić information content (AvgIpc) is 2.99. The Morgan fingerprint density at radius 2 is 1.90 bits per heavy atom. The third-order valence-electron chi connectivity index (χ3n) is 4.42. The Kier molecular flexibility index (Phi) is 3.14. The van der Waals surface area contributed by atoms with E-state index in [1.165, 1.54) is 0 Å². The van der Waals surface area contributed by atoms with Gasteiger partial charge < -0.3 is 19.9 Å². The van der Waals surface area contributed by atoms with E-state index in [0.717, 1.165) is 0 Å². The van der Waals surface area contributed by atoms with Crippen LogP contribution in [-0.4, -0.2) is 48.6 Å². The second kappa shape index (κ2) is 11.1. The summed E-state index contributed by atoms with van der Waals surface area (Å²) in [6, 6.07) is -10.8. The molecule has 0 bridgehead atoms. The summed E-state index contributed by atoms with van der Waals surface area (Å²) >= 11 is 0. The van der Waals surface area contributed by atoms with Crippen molar-refractivity contribution in [2.45, 2.75) is 45.6 Å². The molecular formula is C25H34FN3O2. The van der Waals surface area contributed by atoms with Crippen molar-refractivity contribution in [1.82, 2.24) is 15.1 Å². The van der Waals surface area contributed by atoms with Gasteiger partial charge in [0.25, 0.3) is 0 Å². The zero-order chi connectivity index (χ0) is 38.7. The SMILES string of the molecule is [2H]c1c([2H])c(C([2H])([2H])N(C(=O)NCc2c([2H])c([2H])c(OC([2H])([2H])C([2H])(C([2H])([2H])[2H])C([2H])([2H])[2H])c([2H])c2[2H])C2CCN(C)CC2)c([2H])c([2H])c1F. The monoisotopic (exact) mass is 446 g/mol. The Balaban J connectivity index is 2.06.